The molecule has 1 fully saturated rings. The predicted molar refractivity (Wildman–Crippen MR) is 76.7 cm³/mol. The monoisotopic (exact) mass is 282 g/mol. The van der Waals surface area contributed by atoms with E-state index in [1.165, 1.54) is 4.90 Å². The van der Waals surface area contributed by atoms with E-state index >= 15 is 0 Å². The third-order valence-electron chi connectivity index (χ3n) is 3.35. The van der Waals surface area contributed by atoms with Gasteiger partial charge in [0.05, 0.1) is 11.9 Å². The highest BCUT2D eigenvalue weighted by Gasteiger charge is 2.28. The predicted octanol–water partition coefficient (Wildman–Crippen LogP) is 0.966. The summed E-state index contributed by atoms with van der Waals surface area (Å²) in [4.78, 5) is 35.7. The van der Waals surface area contributed by atoms with Gasteiger partial charge in [-0.3, -0.25) is 19.6 Å². The van der Waals surface area contributed by atoms with Crippen LogP contribution in [0.1, 0.15) is 10.5 Å². The number of anilines is 1. The number of piperazine rings is 1. The summed E-state index contributed by atoms with van der Waals surface area (Å²) in [6.07, 6.45) is 4.88. The number of carbonyl (C=O) groups is 2. The Bertz CT molecular complexity index is 645. The Balaban J connectivity index is 1.72. The van der Waals surface area contributed by atoms with E-state index < -0.39 is 0 Å². The van der Waals surface area contributed by atoms with E-state index in [0.717, 1.165) is 5.69 Å². The van der Waals surface area contributed by atoms with E-state index in [9.17, 15) is 9.59 Å². The van der Waals surface area contributed by atoms with Crippen LogP contribution in [0.15, 0.2) is 48.9 Å². The van der Waals surface area contributed by atoms with Gasteiger partial charge in [-0.15, -0.1) is 0 Å². The number of hydrogen-bond donors (Lipinski definition) is 0. The molecule has 3 heterocycles. The lowest BCUT2D eigenvalue weighted by molar-refractivity contribution is -0.120. The third-order valence-corrected chi connectivity index (χ3v) is 3.35. The maximum absolute atomic E-state index is 12.3. The van der Waals surface area contributed by atoms with Crippen molar-refractivity contribution < 1.29 is 9.59 Å². The van der Waals surface area contributed by atoms with Gasteiger partial charge in [-0.2, -0.15) is 0 Å². The molecule has 2 aromatic rings. The van der Waals surface area contributed by atoms with Gasteiger partial charge in [0, 0.05) is 25.5 Å². The van der Waals surface area contributed by atoms with Gasteiger partial charge < -0.3 is 9.80 Å². The minimum atomic E-state index is -0.213. The van der Waals surface area contributed by atoms with Crippen molar-refractivity contribution in [1.82, 2.24) is 14.9 Å². The fourth-order valence-corrected chi connectivity index (χ4v) is 2.28. The lowest BCUT2D eigenvalue weighted by atomic mass is 10.2. The van der Waals surface area contributed by atoms with Crippen molar-refractivity contribution in [1.29, 1.82) is 0 Å². The Labute approximate surface area is 122 Å². The maximum Gasteiger partial charge on any atom is 0.272 e. The minimum absolute atomic E-state index is 0.0598. The summed E-state index contributed by atoms with van der Waals surface area (Å²) in [6.45, 7) is 1.00. The van der Waals surface area contributed by atoms with Crippen molar-refractivity contribution >= 4 is 17.5 Å². The second-order valence-electron chi connectivity index (χ2n) is 4.70. The van der Waals surface area contributed by atoms with Crippen LogP contribution in [0.25, 0.3) is 0 Å². The van der Waals surface area contributed by atoms with Crippen LogP contribution in [0.2, 0.25) is 0 Å². The Hall–Kier alpha value is -2.76. The molecule has 0 aromatic carbocycles. The summed E-state index contributed by atoms with van der Waals surface area (Å²) in [5.41, 5.74) is 1.12. The number of aromatic nitrogens is 2. The molecule has 106 valence electrons. The van der Waals surface area contributed by atoms with Crippen molar-refractivity contribution in [3.8, 4) is 0 Å². The zero-order valence-electron chi connectivity index (χ0n) is 11.3. The fourth-order valence-electron chi connectivity index (χ4n) is 2.28. The molecule has 0 unspecified atom stereocenters. The third kappa shape index (κ3) is 2.74. The molecule has 0 radical (unpaired) electrons. The Morgan fingerprint density at radius 2 is 2.00 bits per heavy atom. The van der Waals surface area contributed by atoms with Crippen molar-refractivity contribution in [2.75, 3.05) is 24.5 Å². The van der Waals surface area contributed by atoms with Crippen molar-refractivity contribution in [3.05, 3.63) is 54.6 Å². The molecule has 6 nitrogen and oxygen atoms in total. The van der Waals surface area contributed by atoms with Gasteiger partial charge in [-0.1, -0.05) is 6.07 Å². The highest BCUT2D eigenvalue weighted by Crippen LogP contribution is 2.16. The summed E-state index contributed by atoms with van der Waals surface area (Å²) in [5.74, 6) is -0.326. The Kier molecular flexibility index (Phi) is 3.59. The summed E-state index contributed by atoms with van der Waals surface area (Å²) in [5, 5.41) is 0. The zero-order chi connectivity index (χ0) is 14.7. The average molecular weight is 282 g/mol. The van der Waals surface area contributed by atoms with Crippen LogP contribution in [0.4, 0.5) is 5.69 Å². The summed E-state index contributed by atoms with van der Waals surface area (Å²) in [7, 11) is 0. The van der Waals surface area contributed by atoms with Crippen LogP contribution in [0, 0.1) is 0 Å². The second kappa shape index (κ2) is 5.70. The van der Waals surface area contributed by atoms with Crippen molar-refractivity contribution in [2.45, 2.75) is 0 Å². The maximum atomic E-state index is 12.3. The first-order chi connectivity index (χ1) is 10.3. The number of carbonyl (C=O) groups excluding carboxylic acids is 2. The van der Waals surface area contributed by atoms with Crippen LogP contribution >= 0.6 is 0 Å². The summed E-state index contributed by atoms with van der Waals surface area (Å²) < 4.78 is 0. The molecule has 21 heavy (non-hydrogen) atoms. The standard InChI is InChI=1S/C15H14N4O2/c20-14-11-18(15(21)13-5-1-2-7-17-13)8-9-19(14)12-4-3-6-16-10-12/h1-7,10H,8-9,11H2. The van der Waals surface area contributed by atoms with E-state index in [2.05, 4.69) is 9.97 Å². The number of hydrogen-bond acceptors (Lipinski definition) is 4. The van der Waals surface area contributed by atoms with Crippen molar-refractivity contribution in [3.63, 3.8) is 0 Å². The number of rotatable bonds is 2. The van der Waals surface area contributed by atoms with Gasteiger partial charge >= 0.3 is 0 Å². The molecule has 0 saturated carbocycles. The zero-order valence-corrected chi connectivity index (χ0v) is 11.3. The van der Waals surface area contributed by atoms with E-state index in [-0.39, 0.29) is 18.4 Å². The highest BCUT2D eigenvalue weighted by molar-refractivity contribution is 6.00. The number of pyridine rings is 2. The summed E-state index contributed by atoms with van der Waals surface area (Å²) >= 11 is 0. The summed E-state index contributed by atoms with van der Waals surface area (Å²) in [6, 6.07) is 8.78. The van der Waals surface area contributed by atoms with Crippen LogP contribution in [0.3, 0.4) is 0 Å². The van der Waals surface area contributed by atoms with Crippen LogP contribution in [-0.4, -0.2) is 46.3 Å². The van der Waals surface area contributed by atoms with Crippen LogP contribution < -0.4 is 4.90 Å². The lowest BCUT2D eigenvalue weighted by Gasteiger charge is -2.33. The number of nitrogens with zero attached hydrogens (tertiary/aromatic N) is 4. The SMILES string of the molecule is O=C(c1ccccn1)N1CCN(c2cccnc2)C(=O)C1. The first-order valence-corrected chi connectivity index (χ1v) is 6.66. The van der Waals surface area contributed by atoms with E-state index in [1.54, 1.807) is 47.8 Å². The highest BCUT2D eigenvalue weighted by atomic mass is 16.2. The minimum Gasteiger partial charge on any atom is -0.326 e. The Morgan fingerprint density at radius 3 is 2.67 bits per heavy atom. The van der Waals surface area contributed by atoms with E-state index in [1.807, 2.05) is 6.07 Å². The van der Waals surface area contributed by atoms with Gasteiger partial charge in [-0.25, -0.2) is 0 Å². The van der Waals surface area contributed by atoms with E-state index in [0.29, 0.717) is 18.8 Å². The quantitative estimate of drug-likeness (QED) is 0.823. The normalized spacial score (nSPS) is 15.1. The molecule has 1 aliphatic rings. The molecule has 0 aliphatic carbocycles. The van der Waals surface area contributed by atoms with Gasteiger partial charge in [0.15, 0.2) is 0 Å². The molecule has 2 amide bonds. The molecule has 0 N–H and O–H groups in total. The van der Waals surface area contributed by atoms with Crippen molar-refractivity contribution in [2.24, 2.45) is 0 Å². The Morgan fingerprint density at radius 1 is 1.10 bits per heavy atom. The van der Waals surface area contributed by atoms with Gasteiger partial charge in [0.2, 0.25) is 5.91 Å². The van der Waals surface area contributed by atoms with Gasteiger partial charge in [0.1, 0.15) is 12.2 Å². The molecule has 2 aromatic heterocycles. The molecule has 0 spiro atoms. The van der Waals surface area contributed by atoms with E-state index in [4.69, 9.17) is 0 Å². The smallest absolute Gasteiger partial charge is 0.272 e. The fraction of sp³-hybridized carbons (Fsp3) is 0.200. The lowest BCUT2D eigenvalue weighted by Crippen LogP contribution is -2.52. The molecule has 0 bridgehead atoms. The topological polar surface area (TPSA) is 66.4 Å². The molecule has 1 saturated heterocycles. The molecule has 1 aliphatic heterocycles. The van der Waals surface area contributed by atoms with Crippen LogP contribution in [-0.2, 0) is 4.79 Å². The van der Waals surface area contributed by atoms with Crippen LogP contribution in [0.5, 0.6) is 0 Å². The molecule has 6 heteroatoms. The first kappa shape index (κ1) is 13.2. The first-order valence-electron chi connectivity index (χ1n) is 6.66. The molecule has 0 atom stereocenters. The molecular formula is C15H14N4O2. The van der Waals surface area contributed by atoms with Gasteiger partial charge in [0.25, 0.3) is 5.91 Å². The molecular weight excluding hydrogens is 268 g/mol. The largest absolute Gasteiger partial charge is 0.326 e. The number of amides is 2. The average Bonchev–Trinajstić information content (AvgIpc) is 2.55. The van der Waals surface area contributed by atoms with Gasteiger partial charge in [-0.05, 0) is 24.3 Å². The molecule has 3 rings (SSSR count). The second-order valence-corrected chi connectivity index (χ2v) is 4.70.